The van der Waals surface area contributed by atoms with Gasteiger partial charge in [-0.3, -0.25) is 9.36 Å². The van der Waals surface area contributed by atoms with Crippen LogP contribution in [0.1, 0.15) is 11.8 Å². The van der Waals surface area contributed by atoms with Crippen molar-refractivity contribution in [2.75, 3.05) is 6.61 Å². The Bertz CT molecular complexity index is 514. The van der Waals surface area contributed by atoms with Gasteiger partial charge in [-0.1, -0.05) is 0 Å². The topological polar surface area (TPSA) is 93.8 Å². The van der Waals surface area contributed by atoms with Crippen LogP contribution in [0.25, 0.3) is 0 Å². The standard InChI is InChI=1S/C10H12N2O5/c1-4-2-12-9-7(6(14)5(3-13)16-9)17-10(12)11-8(4)15/h2,5-7,9,13-14H,3H2,1H3/t5-,6+,7+,9-/m1/s1. The van der Waals surface area contributed by atoms with Gasteiger partial charge in [0.05, 0.1) is 6.61 Å². The lowest BCUT2D eigenvalue weighted by atomic mass is 10.1. The van der Waals surface area contributed by atoms with Crippen LogP contribution in [-0.2, 0) is 4.74 Å². The summed E-state index contributed by atoms with van der Waals surface area (Å²) in [4.78, 5) is 15.1. The van der Waals surface area contributed by atoms with Gasteiger partial charge >= 0.3 is 6.01 Å². The van der Waals surface area contributed by atoms with E-state index in [0.29, 0.717) is 5.56 Å². The molecule has 7 heteroatoms. The SMILES string of the molecule is Cc1cn2c(nc1=O)O[C@H]1[C@@H](O)[C@@H](CO)O[C@H]12. The number of aliphatic hydroxyl groups is 2. The summed E-state index contributed by atoms with van der Waals surface area (Å²) >= 11 is 0. The van der Waals surface area contributed by atoms with E-state index in [2.05, 4.69) is 4.98 Å². The highest BCUT2D eigenvalue weighted by molar-refractivity contribution is 5.15. The van der Waals surface area contributed by atoms with E-state index in [-0.39, 0.29) is 18.2 Å². The molecule has 0 aliphatic carbocycles. The predicted octanol–water partition coefficient (Wildman–Crippen LogP) is -1.44. The van der Waals surface area contributed by atoms with Crippen molar-refractivity contribution in [3.8, 4) is 6.01 Å². The van der Waals surface area contributed by atoms with E-state index in [1.54, 1.807) is 17.7 Å². The summed E-state index contributed by atoms with van der Waals surface area (Å²) in [5, 5.41) is 18.9. The van der Waals surface area contributed by atoms with Gasteiger partial charge in [0.15, 0.2) is 12.3 Å². The molecule has 0 bridgehead atoms. The van der Waals surface area contributed by atoms with Gasteiger partial charge in [0.1, 0.15) is 12.2 Å². The first-order chi connectivity index (χ1) is 8.11. The van der Waals surface area contributed by atoms with E-state index in [9.17, 15) is 9.90 Å². The minimum absolute atomic E-state index is 0.144. The molecule has 92 valence electrons. The Morgan fingerprint density at radius 2 is 2.35 bits per heavy atom. The lowest BCUT2D eigenvalue weighted by Gasteiger charge is -2.14. The summed E-state index contributed by atoms with van der Waals surface area (Å²) in [7, 11) is 0. The van der Waals surface area contributed by atoms with E-state index >= 15 is 0 Å². The summed E-state index contributed by atoms with van der Waals surface area (Å²) in [6, 6.07) is 0.144. The van der Waals surface area contributed by atoms with E-state index in [4.69, 9.17) is 14.6 Å². The fraction of sp³-hybridized carbons (Fsp3) is 0.600. The smallest absolute Gasteiger partial charge is 0.302 e. The number of ether oxygens (including phenoxy) is 2. The van der Waals surface area contributed by atoms with Gasteiger partial charge in [-0.15, -0.1) is 0 Å². The van der Waals surface area contributed by atoms with Crippen LogP contribution in [-0.4, -0.2) is 44.7 Å². The molecule has 2 aliphatic rings. The average molecular weight is 240 g/mol. The highest BCUT2D eigenvalue weighted by Crippen LogP contribution is 2.38. The summed E-state index contributed by atoms with van der Waals surface area (Å²) < 4.78 is 12.4. The Hall–Kier alpha value is -1.44. The maximum absolute atomic E-state index is 11.4. The lowest BCUT2D eigenvalue weighted by Crippen LogP contribution is -2.34. The van der Waals surface area contributed by atoms with Crippen molar-refractivity contribution in [2.45, 2.75) is 31.5 Å². The Morgan fingerprint density at radius 1 is 1.59 bits per heavy atom. The molecule has 7 nitrogen and oxygen atoms in total. The van der Waals surface area contributed by atoms with E-state index in [0.717, 1.165) is 0 Å². The third-order valence-corrected chi connectivity index (χ3v) is 3.10. The molecule has 0 unspecified atom stereocenters. The largest absolute Gasteiger partial charge is 0.453 e. The maximum atomic E-state index is 11.4. The van der Waals surface area contributed by atoms with Crippen LogP contribution < -0.4 is 10.3 Å². The van der Waals surface area contributed by atoms with Crippen molar-refractivity contribution in [3.63, 3.8) is 0 Å². The van der Waals surface area contributed by atoms with Crippen LogP contribution in [0.15, 0.2) is 11.0 Å². The summed E-state index contributed by atoms with van der Waals surface area (Å²) in [5.74, 6) is 0. The van der Waals surface area contributed by atoms with Crippen molar-refractivity contribution in [3.05, 3.63) is 22.1 Å². The minimum atomic E-state index is -0.929. The first-order valence-electron chi connectivity index (χ1n) is 5.32. The second-order valence-corrected chi connectivity index (χ2v) is 4.24. The molecule has 3 heterocycles. The highest BCUT2D eigenvalue weighted by atomic mass is 16.6. The molecule has 17 heavy (non-hydrogen) atoms. The van der Waals surface area contributed by atoms with Crippen LogP contribution in [0.5, 0.6) is 6.01 Å². The number of fused-ring (bicyclic) bond motifs is 3. The molecular weight excluding hydrogens is 228 g/mol. The number of hydrogen-bond donors (Lipinski definition) is 2. The van der Waals surface area contributed by atoms with Crippen molar-refractivity contribution in [1.82, 2.24) is 9.55 Å². The van der Waals surface area contributed by atoms with Crippen molar-refractivity contribution in [1.29, 1.82) is 0 Å². The predicted molar refractivity (Wildman–Crippen MR) is 54.7 cm³/mol. The van der Waals surface area contributed by atoms with E-state index in [1.807, 2.05) is 0 Å². The van der Waals surface area contributed by atoms with E-state index < -0.39 is 24.5 Å². The molecule has 1 saturated heterocycles. The van der Waals surface area contributed by atoms with Gasteiger partial charge in [-0.05, 0) is 6.92 Å². The zero-order valence-corrected chi connectivity index (χ0v) is 9.11. The Labute approximate surface area is 96.2 Å². The summed E-state index contributed by atoms with van der Waals surface area (Å²) in [6.07, 6.45) is -1.17. The number of aliphatic hydroxyl groups excluding tert-OH is 2. The number of aryl methyl sites for hydroxylation is 1. The monoisotopic (exact) mass is 240 g/mol. The summed E-state index contributed by atoms with van der Waals surface area (Å²) in [5.41, 5.74) is 0.118. The van der Waals surface area contributed by atoms with Crippen molar-refractivity contribution in [2.24, 2.45) is 0 Å². The molecule has 1 aromatic rings. The van der Waals surface area contributed by atoms with Gasteiger partial charge in [-0.25, -0.2) is 0 Å². The van der Waals surface area contributed by atoms with Gasteiger partial charge in [-0.2, -0.15) is 4.98 Å². The second-order valence-electron chi connectivity index (χ2n) is 4.24. The van der Waals surface area contributed by atoms with Crippen LogP contribution in [0.4, 0.5) is 0 Å². The second kappa shape index (κ2) is 3.52. The molecule has 3 rings (SSSR count). The third kappa shape index (κ3) is 1.40. The Kier molecular flexibility index (Phi) is 2.22. The van der Waals surface area contributed by atoms with Crippen LogP contribution in [0.3, 0.4) is 0 Å². The number of nitrogens with zero attached hydrogens (tertiary/aromatic N) is 2. The first kappa shape index (κ1) is 10.7. The summed E-state index contributed by atoms with van der Waals surface area (Å²) in [6.45, 7) is 1.37. The van der Waals surface area contributed by atoms with Gasteiger partial charge in [0.25, 0.3) is 5.56 Å². The molecule has 0 amide bonds. The fourth-order valence-electron chi connectivity index (χ4n) is 2.16. The normalized spacial score (nSPS) is 34.3. The molecule has 2 aliphatic heterocycles. The number of aromatic nitrogens is 2. The molecule has 0 saturated carbocycles. The number of rotatable bonds is 1. The molecule has 1 aromatic heterocycles. The Balaban J connectivity index is 2.02. The van der Waals surface area contributed by atoms with Crippen LogP contribution in [0.2, 0.25) is 0 Å². The van der Waals surface area contributed by atoms with Gasteiger partial charge in [0, 0.05) is 11.8 Å². The molecule has 0 spiro atoms. The molecular formula is C10H12N2O5. The van der Waals surface area contributed by atoms with Crippen LogP contribution in [0, 0.1) is 6.92 Å². The average Bonchev–Trinajstić information content (AvgIpc) is 2.78. The van der Waals surface area contributed by atoms with Gasteiger partial charge < -0.3 is 19.7 Å². The minimum Gasteiger partial charge on any atom is -0.453 e. The fourth-order valence-corrected chi connectivity index (χ4v) is 2.16. The third-order valence-electron chi connectivity index (χ3n) is 3.10. The molecule has 0 aromatic carbocycles. The van der Waals surface area contributed by atoms with Crippen molar-refractivity contribution < 1.29 is 19.7 Å². The molecule has 2 N–H and O–H groups in total. The molecule has 4 atom stereocenters. The molecule has 0 radical (unpaired) electrons. The molecule has 1 fully saturated rings. The zero-order chi connectivity index (χ0) is 12.2. The number of hydrogen-bond acceptors (Lipinski definition) is 6. The quantitative estimate of drug-likeness (QED) is 0.624. The lowest BCUT2D eigenvalue weighted by molar-refractivity contribution is -0.0435. The van der Waals surface area contributed by atoms with E-state index in [1.165, 1.54) is 0 Å². The first-order valence-corrected chi connectivity index (χ1v) is 5.32. The Morgan fingerprint density at radius 3 is 3.06 bits per heavy atom. The zero-order valence-electron chi connectivity index (χ0n) is 9.11. The maximum Gasteiger partial charge on any atom is 0.302 e. The van der Waals surface area contributed by atoms with Crippen LogP contribution >= 0.6 is 0 Å². The van der Waals surface area contributed by atoms with Gasteiger partial charge in [0.2, 0.25) is 0 Å². The highest BCUT2D eigenvalue weighted by Gasteiger charge is 2.50. The van der Waals surface area contributed by atoms with Crippen molar-refractivity contribution >= 4 is 0 Å².